The molecular formula is C30H29N5O3. The minimum atomic E-state index is -0.475. The van der Waals surface area contributed by atoms with E-state index in [4.69, 9.17) is 17.6 Å². The second kappa shape index (κ2) is 13.3. The zero-order valence-corrected chi connectivity index (χ0v) is 21.5. The molecule has 0 aromatic heterocycles. The van der Waals surface area contributed by atoms with Crippen molar-refractivity contribution in [3.8, 4) is 30.4 Å². The van der Waals surface area contributed by atoms with Crippen LogP contribution in [0.4, 0.5) is 11.4 Å². The van der Waals surface area contributed by atoms with E-state index in [0.29, 0.717) is 22.4 Å². The number of nitrogens with zero attached hydrogens (tertiary/aromatic N) is 2. The summed E-state index contributed by atoms with van der Waals surface area (Å²) in [5, 5.41) is 9.78. The number of likely N-dealkylation sites (N-methyl/N-ethyl adjacent to an activating group) is 1. The summed E-state index contributed by atoms with van der Waals surface area (Å²) in [5.74, 6) is 4.40. The van der Waals surface area contributed by atoms with E-state index in [0.717, 1.165) is 18.7 Å². The highest BCUT2D eigenvalue weighted by Gasteiger charge is 2.20. The van der Waals surface area contributed by atoms with Gasteiger partial charge in [-0.25, -0.2) is 0 Å². The number of terminal acetylenes is 2. The van der Waals surface area contributed by atoms with Crippen LogP contribution in [0.3, 0.4) is 0 Å². The Bertz CT molecular complexity index is 1400. The Morgan fingerprint density at radius 2 is 1.63 bits per heavy atom. The molecule has 0 aliphatic heterocycles. The van der Waals surface area contributed by atoms with Crippen LogP contribution in [-0.4, -0.2) is 57.2 Å². The molecule has 8 nitrogen and oxygen atoms in total. The molecule has 3 N–H and O–H groups in total. The third-order valence-corrected chi connectivity index (χ3v) is 5.43. The number of rotatable bonds is 10. The lowest BCUT2D eigenvalue weighted by atomic mass is 10.1. The van der Waals surface area contributed by atoms with Gasteiger partial charge in [-0.05, 0) is 68.2 Å². The molecule has 3 rings (SSSR count). The lowest BCUT2D eigenvalue weighted by Gasteiger charge is -2.16. The number of nitrogens with one attached hydrogen (secondary N) is 3. The molecule has 0 spiro atoms. The number of methoxy groups -OCH3 is 1. The van der Waals surface area contributed by atoms with Crippen molar-refractivity contribution in [1.82, 2.24) is 10.3 Å². The van der Waals surface area contributed by atoms with Crippen molar-refractivity contribution in [3.05, 3.63) is 88.5 Å². The number of benzene rings is 3. The van der Waals surface area contributed by atoms with Gasteiger partial charge in [-0.3, -0.25) is 9.59 Å². The van der Waals surface area contributed by atoms with Gasteiger partial charge in [-0.2, -0.15) is 5.10 Å². The van der Waals surface area contributed by atoms with Crippen LogP contribution in [0.15, 0.2) is 65.8 Å². The van der Waals surface area contributed by atoms with Crippen molar-refractivity contribution in [2.45, 2.75) is 0 Å². The first kappa shape index (κ1) is 27.5. The lowest BCUT2D eigenvalue weighted by molar-refractivity contribution is 0.102. The van der Waals surface area contributed by atoms with Crippen LogP contribution >= 0.6 is 0 Å². The van der Waals surface area contributed by atoms with Gasteiger partial charge in [-0.15, -0.1) is 12.8 Å². The molecule has 0 saturated carbocycles. The van der Waals surface area contributed by atoms with Crippen molar-refractivity contribution in [2.75, 3.05) is 44.9 Å². The van der Waals surface area contributed by atoms with Gasteiger partial charge in [0.15, 0.2) is 0 Å². The topological polar surface area (TPSA) is 95.1 Å². The average Bonchev–Trinajstić information content (AvgIpc) is 2.93. The van der Waals surface area contributed by atoms with Crippen molar-refractivity contribution in [1.29, 1.82) is 0 Å². The monoisotopic (exact) mass is 507 g/mol. The lowest BCUT2D eigenvalue weighted by Crippen LogP contribution is -2.23. The maximum absolute atomic E-state index is 13.2. The molecule has 38 heavy (non-hydrogen) atoms. The Kier molecular flexibility index (Phi) is 9.65. The Morgan fingerprint density at radius 1 is 0.947 bits per heavy atom. The minimum Gasteiger partial charge on any atom is -0.495 e. The summed E-state index contributed by atoms with van der Waals surface area (Å²) in [4.78, 5) is 28.4. The fraction of sp³-hybridized carbons (Fsp3) is 0.167. The maximum Gasteiger partial charge on any atom is 0.257 e. The van der Waals surface area contributed by atoms with Crippen LogP contribution in [0.2, 0.25) is 0 Å². The van der Waals surface area contributed by atoms with E-state index in [9.17, 15) is 9.59 Å². The minimum absolute atomic E-state index is 0.152. The third-order valence-electron chi connectivity index (χ3n) is 5.43. The van der Waals surface area contributed by atoms with Crippen LogP contribution in [0.5, 0.6) is 5.75 Å². The van der Waals surface area contributed by atoms with Gasteiger partial charge < -0.3 is 25.7 Å². The number of anilines is 2. The zero-order chi connectivity index (χ0) is 27.5. The van der Waals surface area contributed by atoms with E-state index < -0.39 is 11.8 Å². The van der Waals surface area contributed by atoms with Crippen molar-refractivity contribution >= 4 is 29.4 Å². The molecule has 0 atom stereocenters. The number of amides is 2. The first-order chi connectivity index (χ1) is 18.3. The normalized spacial score (nSPS) is 10.5. The molecule has 0 heterocycles. The fourth-order valence-electron chi connectivity index (χ4n) is 3.38. The molecule has 0 radical (unpaired) electrons. The van der Waals surface area contributed by atoms with Gasteiger partial charge in [-0.1, -0.05) is 24.0 Å². The Hall–Kier alpha value is -5.05. The number of carbonyl (C=O) groups is 2. The molecule has 2 amide bonds. The summed E-state index contributed by atoms with van der Waals surface area (Å²) < 4.78 is 5.45. The van der Waals surface area contributed by atoms with E-state index in [1.165, 1.54) is 13.2 Å². The van der Waals surface area contributed by atoms with Gasteiger partial charge in [0.2, 0.25) is 0 Å². The highest BCUT2D eigenvalue weighted by Crippen LogP contribution is 2.31. The zero-order valence-electron chi connectivity index (χ0n) is 21.5. The standard InChI is InChI=1S/C30H29N5O3/c1-6-21-10-14-25(15-11-21)33-30(37)26-18-22(7-2)19-27(38-5)28(26)34-29(36)24-12-8-23(9-13-24)20-32-31-16-17-35(3)4/h1-2,8-15,18-20,31H,16-17H2,3-5H3,(H,33,37)(H,34,36). The summed E-state index contributed by atoms with van der Waals surface area (Å²) in [6, 6.07) is 16.8. The molecule has 0 aliphatic rings. The quantitative estimate of drug-likeness (QED) is 0.169. The van der Waals surface area contributed by atoms with Gasteiger partial charge >= 0.3 is 0 Å². The SMILES string of the molecule is C#Cc1ccc(NC(=O)c2cc(C#C)cc(OC)c2NC(=O)c2ccc(C=NNCCN(C)C)cc2)cc1. The summed E-state index contributed by atoms with van der Waals surface area (Å²) in [6.45, 7) is 1.58. The smallest absolute Gasteiger partial charge is 0.257 e. The number of ether oxygens (including phenoxy) is 1. The first-order valence-corrected chi connectivity index (χ1v) is 11.7. The van der Waals surface area contributed by atoms with Crippen molar-refractivity contribution in [3.63, 3.8) is 0 Å². The van der Waals surface area contributed by atoms with E-state index in [-0.39, 0.29) is 17.0 Å². The van der Waals surface area contributed by atoms with E-state index in [2.05, 4.69) is 37.9 Å². The average molecular weight is 508 g/mol. The summed E-state index contributed by atoms with van der Waals surface area (Å²) in [5.41, 5.74) is 6.18. The molecule has 0 bridgehead atoms. The van der Waals surface area contributed by atoms with Crippen molar-refractivity contribution in [2.24, 2.45) is 5.10 Å². The largest absolute Gasteiger partial charge is 0.495 e. The Morgan fingerprint density at radius 3 is 2.24 bits per heavy atom. The van der Waals surface area contributed by atoms with E-state index in [1.54, 1.807) is 60.8 Å². The predicted molar refractivity (Wildman–Crippen MR) is 152 cm³/mol. The molecule has 0 fully saturated rings. The summed E-state index contributed by atoms with van der Waals surface area (Å²) in [7, 11) is 5.41. The molecule has 0 saturated heterocycles. The van der Waals surface area contributed by atoms with Crippen molar-refractivity contribution < 1.29 is 14.3 Å². The molecule has 0 aliphatic carbocycles. The molecule has 0 unspecified atom stereocenters. The Labute approximate surface area is 223 Å². The van der Waals surface area contributed by atoms with Crippen LogP contribution in [-0.2, 0) is 0 Å². The molecule has 3 aromatic rings. The van der Waals surface area contributed by atoms with E-state index >= 15 is 0 Å². The first-order valence-electron chi connectivity index (χ1n) is 11.7. The van der Waals surface area contributed by atoms with Crippen LogP contribution in [0.1, 0.15) is 37.4 Å². The van der Waals surface area contributed by atoms with Crippen LogP contribution in [0.25, 0.3) is 0 Å². The number of hydrazone groups is 1. The highest BCUT2D eigenvalue weighted by atomic mass is 16.5. The Balaban J connectivity index is 1.80. The molecule has 8 heteroatoms. The number of hydrogen-bond acceptors (Lipinski definition) is 6. The maximum atomic E-state index is 13.2. The fourth-order valence-corrected chi connectivity index (χ4v) is 3.38. The van der Waals surface area contributed by atoms with Crippen LogP contribution in [0, 0.1) is 24.7 Å². The van der Waals surface area contributed by atoms with E-state index in [1.807, 2.05) is 14.1 Å². The molecule has 3 aromatic carbocycles. The number of carbonyl (C=O) groups excluding carboxylic acids is 2. The van der Waals surface area contributed by atoms with Gasteiger partial charge in [0.05, 0.1) is 24.6 Å². The summed E-state index contributed by atoms with van der Waals surface area (Å²) >= 11 is 0. The summed E-state index contributed by atoms with van der Waals surface area (Å²) in [6.07, 6.45) is 12.7. The van der Waals surface area contributed by atoms with Gasteiger partial charge in [0.1, 0.15) is 5.75 Å². The second-order valence-electron chi connectivity index (χ2n) is 8.47. The van der Waals surface area contributed by atoms with Gasteiger partial charge in [0, 0.05) is 35.5 Å². The number of hydrogen-bond donors (Lipinski definition) is 3. The predicted octanol–water partition coefficient (Wildman–Crippen LogP) is 3.65. The molecule has 192 valence electrons. The second-order valence-corrected chi connectivity index (χ2v) is 8.47. The van der Waals surface area contributed by atoms with Gasteiger partial charge in [0.25, 0.3) is 11.8 Å². The highest BCUT2D eigenvalue weighted by molar-refractivity contribution is 6.14. The van der Waals surface area contributed by atoms with Crippen LogP contribution < -0.4 is 20.8 Å². The molecular weight excluding hydrogens is 478 g/mol. The third kappa shape index (κ3) is 7.47.